The molecule has 0 aliphatic rings. The zero-order valence-electron chi connectivity index (χ0n) is 14.2. The van der Waals surface area contributed by atoms with Crippen molar-refractivity contribution in [2.75, 3.05) is 6.26 Å². The van der Waals surface area contributed by atoms with E-state index in [0.29, 0.717) is 17.2 Å². The Labute approximate surface area is 150 Å². The van der Waals surface area contributed by atoms with Crippen LogP contribution in [0.25, 0.3) is 22.2 Å². The number of sulfone groups is 1. The van der Waals surface area contributed by atoms with Crippen molar-refractivity contribution >= 4 is 20.7 Å². The van der Waals surface area contributed by atoms with Crippen LogP contribution in [-0.4, -0.2) is 34.7 Å². The van der Waals surface area contributed by atoms with Crippen LogP contribution in [0, 0.1) is 0 Å². The summed E-state index contributed by atoms with van der Waals surface area (Å²) in [6, 6.07) is 12.1. The minimum atomic E-state index is -3.24. The average molecular weight is 368 g/mol. The smallest absolute Gasteiger partial charge is 0.175 e. The number of nitrogens with zero attached hydrogens (tertiary/aromatic N) is 3. The summed E-state index contributed by atoms with van der Waals surface area (Å²) in [7, 11) is -1.42. The van der Waals surface area contributed by atoms with E-state index in [1.165, 1.54) is 18.4 Å². The summed E-state index contributed by atoms with van der Waals surface area (Å²) in [5.41, 5.74) is 2.50. The van der Waals surface area contributed by atoms with Gasteiger partial charge in [0.1, 0.15) is 11.4 Å². The molecule has 26 heavy (non-hydrogen) atoms. The van der Waals surface area contributed by atoms with Gasteiger partial charge in [0.25, 0.3) is 0 Å². The molecule has 0 fully saturated rings. The van der Waals surface area contributed by atoms with Gasteiger partial charge >= 0.3 is 0 Å². The van der Waals surface area contributed by atoms with Gasteiger partial charge in [-0.15, -0.1) is 0 Å². The molecule has 132 valence electrons. The molecule has 2 heterocycles. The van der Waals surface area contributed by atoms with Crippen molar-refractivity contribution in [1.29, 1.82) is 0 Å². The van der Waals surface area contributed by atoms with Crippen LogP contribution in [0.3, 0.4) is 0 Å². The van der Waals surface area contributed by atoms with Crippen LogP contribution in [0.2, 0.25) is 0 Å². The number of rotatable bonds is 4. The molecular weight excluding hydrogens is 352 g/mol. The Morgan fingerprint density at radius 1 is 1.12 bits per heavy atom. The lowest BCUT2D eigenvalue weighted by molar-refractivity contribution is 0.483. The molecule has 0 amide bonds. The quantitative estimate of drug-likeness (QED) is 0.598. The maximum atomic E-state index is 11.6. The van der Waals surface area contributed by atoms with Gasteiger partial charge in [0.15, 0.2) is 15.6 Å². The van der Waals surface area contributed by atoms with Gasteiger partial charge in [-0.1, -0.05) is 12.1 Å². The van der Waals surface area contributed by atoms with Crippen molar-refractivity contribution in [1.82, 2.24) is 20.0 Å². The lowest BCUT2D eigenvalue weighted by atomic mass is 10.1. The maximum Gasteiger partial charge on any atom is 0.175 e. The van der Waals surface area contributed by atoms with Crippen molar-refractivity contribution in [2.45, 2.75) is 4.90 Å². The average Bonchev–Trinajstić information content (AvgIpc) is 3.20. The molecule has 8 heteroatoms. The molecule has 1 N–H and O–H groups in total. The van der Waals surface area contributed by atoms with E-state index in [9.17, 15) is 8.42 Å². The molecule has 0 saturated heterocycles. The number of hydrogen-bond acceptors (Lipinski definition) is 5. The Hall–Kier alpha value is -3.13. The first-order valence-corrected chi connectivity index (χ1v) is 9.75. The highest BCUT2D eigenvalue weighted by Crippen LogP contribution is 2.35. The summed E-state index contributed by atoms with van der Waals surface area (Å²) >= 11 is 0. The number of fused-ring (bicyclic) bond motifs is 1. The molecule has 7 nitrogen and oxygen atoms in total. The van der Waals surface area contributed by atoms with Crippen molar-refractivity contribution in [3.05, 3.63) is 54.9 Å². The number of aryl methyl sites for hydroxylation is 1. The predicted molar refractivity (Wildman–Crippen MR) is 97.9 cm³/mol. The van der Waals surface area contributed by atoms with E-state index < -0.39 is 9.84 Å². The van der Waals surface area contributed by atoms with Gasteiger partial charge in [-0.05, 0) is 30.3 Å². The Morgan fingerprint density at radius 3 is 2.62 bits per heavy atom. The monoisotopic (exact) mass is 368 g/mol. The van der Waals surface area contributed by atoms with E-state index in [-0.39, 0.29) is 4.90 Å². The molecular formula is C18H16N4O3S. The van der Waals surface area contributed by atoms with Crippen LogP contribution in [0.1, 0.15) is 0 Å². The molecule has 2 aromatic carbocycles. The second kappa shape index (κ2) is 5.99. The Morgan fingerprint density at radius 2 is 1.88 bits per heavy atom. The number of ether oxygens (including phenoxy) is 1. The molecule has 0 aliphatic carbocycles. The van der Waals surface area contributed by atoms with Crippen LogP contribution in [0.5, 0.6) is 11.5 Å². The molecule has 4 aromatic rings. The Kier molecular flexibility index (Phi) is 3.77. The van der Waals surface area contributed by atoms with Gasteiger partial charge in [0.2, 0.25) is 0 Å². The van der Waals surface area contributed by atoms with Gasteiger partial charge < -0.3 is 4.74 Å². The van der Waals surface area contributed by atoms with Crippen molar-refractivity contribution < 1.29 is 13.2 Å². The molecule has 0 unspecified atom stereocenters. The molecule has 2 aromatic heterocycles. The Bertz CT molecular complexity index is 1190. The number of H-pyrrole nitrogens is 1. The zero-order chi connectivity index (χ0) is 18.3. The fraction of sp³-hybridized carbons (Fsp3) is 0.111. The number of benzene rings is 2. The standard InChI is InChI=1S/C18H16N4O3S/c1-22-11-17(25-12-6-8-13(9-7-12)26(2,23)24)18(21-22)14-4-3-5-16-15(14)10-19-20-16/h3-11H,1-2H3,(H,19,20). The maximum absolute atomic E-state index is 11.6. The van der Waals surface area contributed by atoms with Crippen molar-refractivity contribution in [2.24, 2.45) is 7.05 Å². The second-order valence-corrected chi connectivity index (χ2v) is 8.01. The van der Waals surface area contributed by atoms with Gasteiger partial charge in [-0.25, -0.2) is 8.42 Å². The molecule has 4 rings (SSSR count). The van der Waals surface area contributed by atoms with Crippen LogP contribution in [0.4, 0.5) is 0 Å². The van der Waals surface area contributed by atoms with Crippen LogP contribution in [-0.2, 0) is 16.9 Å². The fourth-order valence-electron chi connectivity index (χ4n) is 2.78. The minimum absolute atomic E-state index is 0.249. The number of aromatic amines is 1. The summed E-state index contributed by atoms with van der Waals surface area (Å²) in [5, 5.41) is 12.5. The van der Waals surface area contributed by atoms with Crippen molar-refractivity contribution in [3.63, 3.8) is 0 Å². The summed E-state index contributed by atoms with van der Waals surface area (Å²) in [4.78, 5) is 0.249. The van der Waals surface area contributed by atoms with Crippen LogP contribution in [0.15, 0.2) is 59.8 Å². The number of aromatic nitrogens is 4. The third kappa shape index (κ3) is 2.95. The normalized spacial score (nSPS) is 11.8. The molecule has 0 bridgehead atoms. The third-order valence-corrected chi connectivity index (χ3v) is 5.14. The SMILES string of the molecule is Cn1cc(Oc2ccc(S(C)(=O)=O)cc2)c(-c2cccc3[nH]ncc23)n1. The summed E-state index contributed by atoms with van der Waals surface area (Å²) in [5.74, 6) is 1.11. The van der Waals surface area contributed by atoms with Gasteiger partial charge in [-0.2, -0.15) is 10.2 Å². The molecule has 0 aliphatic heterocycles. The van der Waals surface area contributed by atoms with E-state index in [0.717, 1.165) is 16.5 Å². The second-order valence-electron chi connectivity index (χ2n) is 6.00. The minimum Gasteiger partial charge on any atom is -0.453 e. The number of nitrogens with one attached hydrogen (secondary N) is 1. The van der Waals surface area contributed by atoms with E-state index in [1.54, 1.807) is 29.2 Å². The highest BCUT2D eigenvalue weighted by molar-refractivity contribution is 7.90. The molecule has 0 atom stereocenters. The van der Waals surface area contributed by atoms with E-state index >= 15 is 0 Å². The number of hydrogen-bond donors (Lipinski definition) is 1. The van der Waals surface area contributed by atoms with Crippen molar-refractivity contribution in [3.8, 4) is 22.8 Å². The topological polar surface area (TPSA) is 89.9 Å². The first-order valence-electron chi connectivity index (χ1n) is 7.86. The first kappa shape index (κ1) is 16.3. The highest BCUT2D eigenvalue weighted by atomic mass is 32.2. The van der Waals surface area contributed by atoms with Gasteiger partial charge in [-0.3, -0.25) is 9.78 Å². The largest absolute Gasteiger partial charge is 0.453 e. The zero-order valence-corrected chi connectivity index (χ0v) is 15.0. The lowest BCUT2D eigenvalue weighted by Gasteiger charge is -2.07. The summed E-state index contributed by atoms with van der Waals surface area (Å²) < 4.78 is 30.8. The van der Waals surface area contributed by atoms with E-state index in [1.807, 2.05) is 25.2 Å². The van der Waals surface area contributed by atoms with Gasteiger partial charge in [0.05, 0.1) is 22.8 Å². The summed E-state index contributed by atoms with van der Waals surface area (Å²) in [6.45, 7) is 0. The first-order chi connectivity index (χ1) is 12.4. The lowest BCUT2D eigenvalue weighted by Crippen LogP contribution is -1.96. The molecule has 0 spiro atoms. The van der Waals surface area contributed by atoms with Crippen LogP contribution < -0.4 is 4.74 Å². The molecule has 0 saturated carbocycles. The van der Waals surface area contributed by atoms with Gasteiger partial charge in [0, 0.05) is 24.3 Å². The third-order valence-electron chi connectivity index (χ3n) is 4.01. The predicted octanol–water partition coefficient (Wildman–Crippen LogP) is 3.16. The fourth-order valence-corrected chi connectivity index (χ4v) is 3.41. The molecule has 0 radical (unpaired) electrons. The summed E-state index contributed by atoms with van der Waals surface area (Å²) in [6.07, 6.45) is 4.70. The highest BCUT2D eigenvalue weighted by Gasteiger charge is 2.16. The Balaban J connectivity index is 1.74. The van der Waals surface area contributed by atoms with E-state index in [4.69, 9.17) is 4.74 Å². The van der Waals surface area contributed by atoms with E-state index in [2.05, 4.69) is 15.3 Å². The van der Waals surface area contributed by atoms with Crippen LogP contribution >= 0.6 is 0 Å².